The maximum atomic E-state index is 12.4. The SMILES string of the molecule is Cc1ccc(NC(=O)c2ccc(Nc3ccc4c(c3)OCCO4)nn2)c(C)c1. The second kappa shape index (κ2) is 7.56. The van der Waals surface area contributed by atoms with Gasteiger partial charge in [-0.15, -0.1) is 10.2 Å². The molecule has 0 spiro atoms. The van der Waals surface area contributed by atoms with Gasteiger partial charge in [-0.05, 0) is 49.7 Å². The number of aromatic nitrogens is 2. The number of carbonyl (C=O) groups is 1. The topological polar surface area (TPSA) is 85.4 Å². The average Bonchev–Trinajstić information content (AvgIpc) is 2.70. The first-order valence-corrected chi connectivity index (χ1v) is 8.97. The van der Waals surface area contributed by atoms with E-state index in [1.54, 1.807) is 12.1 Å². The number of nitrogens with zero attached hydrogens (tertiary/aromatic N) is 2. The van der Waals surface area contributed by atoms with Crippen LogP contribution in [0, 0.1) is 13.8 Å². The summed E-state index contributed by atoms with van der Waals surface area (Å²) in [5.74, 6) is 1.64. The summed E-state index contributed by atoms with van der Waals surface area (Å²) in [5.41, 5.74) is 3.94. The summed E-state index contributed by atoms with van der Waals surface area (Å²) in [6, 6.07) is 14.7. The zero-order chi connectivity index (χ0) is 19.5. The van der Waals surface area contributed by atoms with Crippen LogP contribution in [0.25, 0.3) is 0 Å². The minimum Gasteiger partial charge on any atom is -0.486 e. The van der Waals surface area contributed by atoms with E-state index in [4.69, 9.17) is 9.47 Å². The van der Waals surface area contributed by atoms with Crippen LogP contribution in [0.2, 0.25) is 0 Å². The number of ether oxygens (including phenoxy) is 2. The molecule has 0 saturated carbocycles. The Morgan fingerprint density at radius 1 is 0.929 bits per heavy atom. The summed E-state index contributed by atoms with van der Waals surface area (Å²) in [6.45, 7) is 5.05. The van der Waals surface area contributed by atoms with Crippen molar-refractivity contribution in [2.75, 3.05) is 23.8 Å². The van der Waals surface area contributed by atoms with Gasteiger partial charge in [-0.3, -0.25) is 4.79 Å². The van der Waals surface area contributed by atoms with Crippen LogP contribution in [-0.2, 0) is 0 Å². The van der Waals surface area contributed by atoms with Gasteiger partial charge in [0.2, 0.25) is 0 Å². The molecule has 28 heavy (non-hydrogen) atoms. The third-order valence-corrected chi connectivity index (χ3v) is 4.34. The van der Waals surface area contributed by atoms with E-state index in [2.05, 4.69) is 20.8 Å². The number of aryl methyl sites for hydroxylation is 2. The van der Waals surface area contributed by atoms with Crippen molar-refractivity contribution >= 4 is 23.1 Å². The number of carbonyl (C=O) groups excluding carboxylic acids is 1. The van der Waals surface area contributed by atoms with Crippen LogP contribution >= 0.6 is 0 Å². The normalized spacial score (nSPS) is 12.4. The summed E-state index contributed by atoms with van der Waals surface area (Å²) in [5, 5.41) is 14.1. The Bertz CT molecular complexity index is 1020. The molecule has 0 unspecified atom stereocenters. The first-order valence-electron chi connectivity index (χ1n) is 8.97. The Kier molecular flexibility index (Phi) is 4.80. The highest BCUT2D eigenvalue weighted by atomic mass is 16.6. The van der Waals surface area contributed by atoms with E-state index >= 15 is 0 Å². The molecule has 2 heterocycles. The molecule has 0 atom stereocenters. The van der Waals surface area contributed by atoms with Gasteiger partial charge in [0.15, 0.2) is 23.0 Å². The molecule has 2 N–H and O–H groups in total. The third kappa shape index (κ3) is 3.88. The van der Waals surface area contributed by atoms with Crippen molar-refractivity contribution < 1.29 is 14.3 Å². The number of hydrogen-bond donors (Lipinski definition) is 2. The van der Waals surface area contributed by atoms with Gasteiger partial charge in [0.1, 0.15) is 13.2 Å². The van der Waals surface area contributed by atoms with Gasteiger partial charge < -0.3 is 20.1 Å². The maximum absolute atomic E-state index is 12.4. The molecule has 4 rings (SSSR count). The standard InChI is InChI=1S/C21H20N4O3/c1-13-3-5-16(14(2)11-13)23-21(26)17-6-8-20(25-24-17)22-15-4-7-18-19(12-15)28-10-9-27-18/h3-8,11-12H,9-10H2,1-2H3,(H,22,25)(H,23,26). The lowest BCUT2D eigenvalue weighted by atomic mass is 10.1. The second-order valence-corrected chi connectivity index (χ2v) is 6.56. The fraction of sp³-hybridized carbons (Fsp3) is 0.190. The lowest BCUT2D eigenvalue weighted by Crippen LogP contribution is -2.16. The Balaban J connectivity index is 1.44. The van der Waals surface area contributed by atoms with E-state index in [1.165, 1.54) is 0 Å². The molecular weight excluding hydrogens is 356 g/mol. The number of benzene rings is 2. The van der Waals surface area contributed by atoms with Crippen molar-refractivity contribution in [2.24, 2.45) is 0 Å². The summed E-state index contributed by atoms with van der Waals surface area (Å²) in [4.78, 5) is 12.4. The molecular formula is C21H20N4O3. The molecule has 0 aliphatic carbocycles. The number of amides is 1. The first kappa shape index (κ1) is 17.8. The molecule has 0 radical (unpaired) electrons. The zero-order valence-electron chi connectivity index (χ0n) is 15.7. The lowest BCUT2D eigenvalue weighted by molar-refractivity contribution is 0.102. The number of fused-ring (bicyclic) bond motifs is 1. The third-order valence-electron chi connectivity index (χ3n) is 4.34. The molecule has 1 aliphatic rings. The molecule has 0 fully saturated rings. The van der Waals surface area contributed by atoms with E-state index in [1.807, 2.05) is 50.2 Å². The molecule has 1 aromatic heterocycles. The van der Waals surface area contributed by atoms with Gasteiger partial charge in [0, 0.05) is 17.4 Å². The predicted octanol–water partition coefficient (Wildman–Crippen LogP) is 3.86. The zero-order valence-corrected chi connectivity index (χ0v) is 15.7. The van der Waals surface area contributed by atoms with Crippen LogP contribution in [-0.4, -0.2) is 29.3 Å². The van der Waals surface area contributed by atoms with Crippen molar-refractivity contribution in [2.45, 2.75) is 13.8 Å². The van der Waals surface area contributed by atoms with Crippen molar-refractivity contribution in [3.8, 4) is 11.5 Å². The molecule has 7 heteroatoms. The molecule has 2 aromatic carbocycles. The fourth-order valence-corrected chi connectivity index (χ4v) is 2.93. The fourth-order valence-electron chi connectivity index (χ4n) is 2.93. The van der Waals surface area contributed by atoms with E-state index in [-0.39, 0.29) is 11.6 Å². The number of hydrogen-bond acceptors (Lipinski definition) is 6. The van der Waals surface area contributed by atoms with Gasteiger partial charge in [-0.1, -0.05) is 17.7 Å². The van der Waals surface area contributed by atoms with Crippen molar-refractivity contribution in [1.29, 1.82) is 0 Å². The molecule has 7 nitrogen and oxygen atoms in total. The minimum absolute atomic E-state index is 0.243. The van der Waals surface area contributed by atoms with Crippen LogP contribution in [0.3, 0.4) is 0 Å². The van der Waals surface area contributed by atoms with Crippen LogP contribution < -0.4 is 20.1 Å². The number of nitrogens with one attached hydrogen (secondary N) is 2. The minimum atomic E-state index is -0.301. The Labute approximate surface area is 162 Å². The highest BCUT2D eigenvalue weighted by Crippen LogP contribution is 2.33. The quantitative estimate of drug-likeness (QED) is 0.719. The largest absolute Gasteiger partial charge is 0.486 e. The molecule has 1 aliphatic heterocycles. The first-order chi connectivity index (χ1) is 13.6. The Hall–Kier alpha value is -3.61. The molecule has 1 amide bonds. The van der Waals surface area contributed by atoms with Crippen molar-refractivity contribution in [3.63, 3.8) is 0 Å². The maximum Gasteiger partial charge on any atom is 0.276 e. The van der Waals surface area contributed by atoms with Crippen LogP contribution in [0.5, 0.6) is 11.5 Å². The summed E-state index contributed by atoms with van der Waals surface area (Å²) >= 11 is 0. The van der Waals surface area contributed by atoms with Gasteiger partial charge in [0.05, 0.1) is 0 Å². The van der Waals surface area contributed by atoms with Gasteiger partial charge in [-0.2, -0.15) is 0 Å². The summed E-state index contributed by atoms with van der Waals surface area (Å²) in [6.07, 6.45) is 0. The van der Waals surface area contributed by atoms with Crippen LogP contribution in [0.1, 0.15) is 21.6 Å². The highest BCUT2D eigenvalue weighted by molar-refractivity contribution is 6.03. The summed E-state index contributed by atoms with van der Waals surface area (Å²) < 4.78 is 11.1. The predicted molar refractivity (Wildman–Crippen MR) is 107 cm³/mol. The van der Waals surface area contributed by atoms with Crippen LogP contribution in [0.4, 0.5) is 17.2 Å². The van der Waals surface area contributed by atoms with Crippen LogP contribution in [0.15, 0.2) is 48.5 Å². The van der Waals surface area contributed by atoms with Gasteiger partial charge in [0.25, 0.3) is 5.91 Å². The summed E-state index contributed by atoms with van der Waals surface area (Å²) in [7, 11) is 0. The number of anilines is 3. The molecule has 0 saturated heterocycles. The van der Waals surface area contributed by atoms with E-state index in [0.29, 0.717) is 24.8 Å². The van der Waals surface area contributed by atoms with Gasteiger partial charge >= 0.3 is 0 Å². The molecule has 0 bridgehead atoms. The molecule has 142 valence electrons. The monoisotopic (exact) mass is 376 g/mol. The van der Waals surface area contributed by atoms with E-state index in [9.17, 15) is 4.79 Å². The Morgan fingerprint density at radius 2 is 1.75 bits per heavy atom. The molecule has 3 aromatic rings. The van der Waals surface area contributed by atoms with Crippen molar-refractivity contribution in [3.05, 3.63) is 65.4 Å². The van der Waals surface area contributed by atoms with E-state index < -0.39 is 0 Å². The highest BCUT2D eigenvalue weighted by Gasteiger charge is 2.13. The average molecular weight is 376 g/mol. The van der Waals surface area contributed by atoms with E-state index in [0.717, 1.165) is 28.3 Å². The lowest BCUT2D eigenvalue weighted by Gasteiger charge is -2.19. The second-order valence-electron chi connectivity index (χ2n) is 6.56. The van der Waals surface area contributed by atoms with Gasteiger partial charge in [-0.25, -0.2) is 0 Å². The van der Waals surface area contributed by atoms with Crippen molar-refractivity contribution in [1.82, 2.24) is 10.2 Å². The Morgan fingerprint density at radius 3 is 2.50 bits per heavy atom. The number of rotatable bonds is 4. The smallest absolute Gasteiger partial charge is 0.276 e.